The molecular weight excluding hydrogens is 312 g/mol. The van der Waals surface area contributed by atoms with Crippen molar-refractivity contribution in [2.24, 2.45) is 0 Å². The standard InChI is InChI=1S/C16H22N4O2S/c21-20(22)15-7-5-14(6-8-15)18-9-11-19(12-10-18)16(23)17-13-3-1-2-4-13/h5-8,13H,1-4,9-12H2,(H,17,23). The second-order valence-electron chi connectivity index (χ2n) is 6.18. The van der Waals surface area contributed by atoms with Crippen LogP contribution in [0.15, 0.2) is 24.3 Å². The van der Waals surface area contributed by atoms with E-state index in [2.05, 4.69) is 15.1 Å². The van der Waals surface area contributed by atoms with Gasteiger partial charge in [0.1, 0.15) is 0 Å². The van der Waals surface area contributed by atoms with E-state index < -0.39 is 0 Å². The molecular formula is C16H22N4O2S. The summed E-state index contributed by atoms with van der Waals surface area (Å²) in [5.41, 5.74) is 1.17. The zero-order valence-corrected chi connectivity index (χ0v) is 13.9. The number of rotatable bonds is 3. The van der Waals surface area contributed by atoms with Gasteiger partial charge in [-0.1, -0.05) is 12.8 Å². The minimum atomic E-state index is -0.366. The minimum Gasteiger partial charge on any atom is -0.368 e. The Bertz CT molecular complexity index is 564. The third-order valence-corrected chi connectivity index (χ3v) is 5.05. The Morgan fingerprint density at radius 1 is 1.13 bits per heavy atom. The summed E-state index contributed by atoms with van der Waals surface area (Å²) in [6.07, 6.45) is 5.05. The van der Waals surface area contributed by atoms with Crippen molar-refractivity contribution in [3.05, 3.63) is 34.4 Å². The van der Waals surface area contributed by atoms with Gasteiger partial charge in [-0.2, -0.15) is 0 Å². The lowest BCUT2D eigenvalue weighted by Gasteiger charge is -2.38. The van der Waals surface area contributed by atoms with Gasteiger partial charge in [-0.3, -0.25) is 10.1 Å². The molecule has 0 atom stereocenters. The van der Waals surface area contributed by atoms with Gasteiger partial charge < -0.3 is 15.1 Å². The monoisotopic (exact) mass is 334 g/mol. The number of nitrogens with one attached hydrogen (secondary N) is 1. The molecule has 0 aromatic heterocycles. The second-order valence-corrected chi connectivity index (χ2v) is 6.57. The predicted molar refractivity (Wildman–Crippen MR) is 94.9 cm³/mol. The van der Waals surface area contributed by atoms with Gasteiger partial charge in [-0.15, -0.1) is 0 Å². The fourth-order valence-electron chi connectivity index (χ4n) is 3.29. The highest BCUT2D eigenvalue weighted by Gasteiger charge is 2.22. The average molecular weight is 334 g/mol. The molecule has 3 rings (SSSR count). The zero-order valence-electron chi connectivity index (χ0n) is 13.1. The Labute approximate surface area is 141 Å². The molecule has 0 spiro atoms. The van der Waals surface area contributed by atoms with E-state index in [9.17, 15) is 10.1 Å². The molecule has 124 valence electrons. The number of non-ortho nitro benzene ring substituents is 1. The van der Waals surface area contributed by atoms with Crippen molar-refractivity contribution in [3.63, 3.8) is 0 Å². The van der Waals surface area contributed by atoms with Crippen LogP contribution in [0.3, 0.4) is 0 Å². The predicted octanol–water partition coefficient (Wildman–Crippen LogP) is 2.53. The lowest BCUT2D eigenvalue weighted by atomic mass is 10.2. The van der Waals surface area contributed by atoms with E-state index >= 15 is 0 Å². The number of anilines is 1. The third kappa shape index (κ3) is 3.90. The number of piperazine rings is 1. The van der Waals surface area contributed by atoms with Crippen molar-refractivity contribution in [2.75, 3.05) is 31.1 Å². The van der Waals surface area contributed by atoms with Crippen LogP contribution in [0.4, 0.5) is 11.4 Å². The third-order valence-electron chi connectivity index (χ3n) is 4.68. The molecule has 0 amide bonds. The molecule has 7 heteroatoms. The van der Waals surface area contributed by atoms with Crippen molar-refractivity contribution in [1.29, 1.82) is 0 Å². The zero-order chi connectivity index (χ0) is 16.2. The molecule has 1 N–H and O–H groups in total. The summed E-state index contributed by atoms with van der Waals surface area (Å²) in [5, 5.41) is 15.1. The maximum atomic E-state index is 10.7. The van der Waals surface area contributed by atoms with E-state index in [1.807, 2.05) is 12.1 Å². The summed E-state index contributed by atoms with van der Waals surface area (Å²) in [6.45, 7) is 3.53. The molecule has 23 heavy (non-hydrogen) atoms. The number of hydrogen-bond donors (Lipinski definition) is 1. The van der Waals surface area contributed by atoms with Crippen LogP contribution in [0.1, 0.15) is 25.7 Å². The van der Waals surface area contributed by atoms with Crippen LogP contribution in [0.5, 0.6) is 0 Å². The van der Waals surface area contributed by atoms with E-state index in [0.29, 0.717) is 6.04 Å². The quantitative estimate of drug-likeness (QED) is 0.521. The second kappa shape index (κ2) is 7.12. The van der Waals surface area contributed by atoms with Gasteiger partial charge in [0.2, 0.25) is 0 Å². The molecule has 6 nitrogen and oxygen atoms in total. The maximum Gasteiger partial charge on any atom is 0.269 e. The molecule has 1 aliphatic carbocycles. The Morgan fingerprint density at radius 3 is 2.30 bits per heavy atom. The molecule has 0 unspecified atom stereocenters. The summed E-state index contributed by atoms with van der Waals surface area (Å²) < 4.78 is 0. The number of nitro benzene ring substituents is 1. The number of nitro groups is 1. The van der Waals surface area contributed by atoms with Crippen molar-refractivity contribution in [1.82, 2.24) is 10.2 Å². The molecule has 1 aromatic rings. The van der Waals surface area contributed by atoms with Crippen molar-refractivity contribution < 1.29 is 4.92 Å². The van der Waals surface area contributed by atoms with E-state index in [4.69, 9.17) is 12.2 Å². The van der Waals surface area contributed by atoms with Gasteiger partial charge >= 0.3 is 0 Å². The first-order chi connectivity index (χ1) is 11.1. The maximum absolute atomic E-state index is 10.7. The Hall–Kier alpha value is -1.89. The van der Waals surface area contributed by atoms with Crippen molar-refractivity contribution in [2.45, 2.75) is 31.7 Å². The number of benzene rings is 1. The number of hydrogen-bond acceptors (Lipinski definition) is 4. The van der Waals surface area contributed by atoms with Gasteiger partial charge in [0.15, 0.2) is 5.11 Å². The van der Waals surface area contributed by atoms with Crippen LogP contribution in [0.2, 0.25) is 0 Å². The molecule has 1 heterocycles. The first kappa shape index (κ1) is 16.0. The molecule has 2 aliphatic rings. The van der Waals surface area contributed by atoms with Crippen LogP contribution in [-0.2, 0) is 0 Å². The SMILES string of the molecule is O=[N+]([O-])c1ccc(N2CCN(C(=S)NC3CCCC3)CC2)cc1. The highest BCUT2D eigenvalue weighted by molar-refractivity contribution is 7.80. The van der Waals surface area contributed by atoms with Gasteiger partial charge in [0, 0.05) is 50.0 Å². The minimum absolute atomic E-state index is 0.134. The van der Waals surface area contributed by atoms with Crippen LogP contribution in [0, 0.1) is 10.1 Å². The molecule has 1 saturated heterocycles. The first-order valence-electron chi connectivity index (χ1n) is 8.18. The highest BCUT2D eigenvalue weighted by atomic mass is 32.1. The topological polar surface area (TPSA) is 61.7 Å². The van der Waals surface area contributed by atoms with Crippen LogP contribution in [0.25, 0.3) is 0 Å². The lowest BCUT2D eigenvalue weighted by molar-refractivity contribution is -0.384. The Kier molecular flexibility index (Phi) is 4.95. The Morgan fingerprint density at radius 2 is 1.74 bits per heavy atom. The highest BCUT2D eigenvalue weighted by Crippen LogP contribution is 2.21. The van der Waals surface area contributed by atoms with Crippen LogP contribution >= 0.6 is 12.2 Å². The van der Waals surface area contributed by atoms with Gasteiger partial charge in [0.05, 0.1) is 4.92 Å². The smallest absolute Gasteiger partial charge is 0.269 e. The fraction of sp³-hybridized carbons (Fsp3) is 0.562. The summed E-state index contributed by atoms with van der Waals surface area (Å²) in [6, 6.07) is 7.32. The summed E-state index contributed by atoms with van der Waals surface area (Å²) in [5.74, 6) is 0. The molecule has 0 bridgehead atoms. The number of nitrogens with zero attached hydrogens (tertiary/aromatic N) is 3. The van der Waals surface area contributed by atoms with Gasteiger partial charge in [-0.05, 0) is 37.2 Å². The van der Waals surface area contributed by atoms with Gasteiger partial charge in [-0.25, -0.2) is 0 Å². The largest absolute Gasteiger partial charge is 0.368 e. The van der Waals surface area contributed by atoms with Crippen LogP contribution in [-0.4, -0.2) is 47.2 Å². The molecule has 2 fully saturated rings. The fourth-order valence-corrected chi connectivity index (χ4v) is 3.64. The molecule has 1 aliphatic heterocycles. The molecule has 0 radical (unpaired) electrons. The lowest BCUT2D eigenvalue weighted by Crippen LogP contribution is -2.53. The van der Waals surface area contributed by atoms with E-state index in [1.165, 1.54) is 25.7 Å². The average Bonchev–Trinajstić information content (AvgIpc) is 3.08. The summed E-state index contributed by atoms with van der Waals surface area (Å²) in [4.78, 5) is 14.8. The van der Waals surface area contributed by atoms with E-state index in [1.54, 1.807) is 12.1 Å². The van der Waals surface area contributed by atoms with E-state index in [0.717, 1.165) is 37.0 Å². The summed E-state index contributed by atoms with van der Waals surface area (Å²) >= 11 is 5.53. The van der Waals surface area contributed by atoms with Crippen molar-refractivity contribution >= 4 is 28.7 Å². The van der Waals surface area contributed by atoms with Crippen LogP contribution < -0.4 is 10.2 Å². The van der Waals surface area contributed by atoms with Gasteiger partial charge in [0.25, 0.3) is 5.69 Å². The van der Waals surface area contributed by atoms with E-state index in [-0.39, 0.29) is 10.6 Å². The number of thiocarbonyl (C=S) groups is 1. The van der Waals surface area contributed by atoms with Crippen molar-refractivity contribution in [3.8, 4) is 0 Å². The first-order valence-corrected chi connectivity index (χ1v) is 8.59. The summed E-state index contributed by atoms with van der Waals surface area (Å²) in [7, 11) is 0. The Balaban J connectivity index is 1.51. The normalized spacial score (nSPS) is 19.0. The molecule has 1 aromatic carbocycles. The molecule has 1 saturated carbocycles.